The number of carboxylic acid groups (broad SMARTS) is 1. The number of nitriles is 1. The third-order valence-electron chi connectivity index (χ3n) is 1.47. The van der Waals surface area contributed by atoms with Crippen LogP contribution in [-0.2, 0) is 4.79 Å². The van der Waals surface area contributed by atoms with Crippen molar-refractivity contribution in [3.05, 3.63) is 42.0 Å². The molecule has 0 fully saturated rings. The average Bonchev–Trinajstić information content (AvgIpc) is 2.15. The summed E-state index contributed by atoms with van der Waals surface area (Å²) in [5, 5.41) is 17.1. The van der Waals surface area contributed by atoms with Gasteiger partial charge in [0.25, 0.3) is 0 Å². The van der Waals surface area contributed by atoms with E-state index in [1.165, 1.54) is 0 Å². The molecule has 0 saturated carbocycles. The van der Waals surface area contributed by atoms with Crippen LogP contribution in [0, 0.1) is 11.3 Å². The molecular weight excluding hydrogens is 205 g/mol. The van der Waals surface area contributed by atoms with Crippen LogP contribution in [0.4, 0.5) is 0 Å². The van der Waals surface area contributed by atoms with E-state index in [-0.39, 0.29) is 57.0 Å². The van der Waals surface area contributed by atoms with Crippen molar-refractivity contribution in [2.24, 2.45) is 0 Å². The van der Waals surface area contributed by atoms with Crippen molar-refractivity contribution < 1.29 is 9.90 Å². The van der Waals surface area contributed by atoms with Crippen LogP contribution in [0.15, 0.2) is 36.4 Å². The minimum absolute atomic E-state index is 0. The van der Waals surface area contributed by atoms with E-state index in [0.29, 0.717) is 5.56 Å². The predicted molar refractivity (Wildman–Crippen MR) is 53.4 cm³/mol. The van der Waals surface area contributed by atoms with E-state index in [1.54, 1.807) is 30.3 Å². The fourth-order valence-electron chi connectivity index (χ4n) is 0.921. The summed E-state index contributed by atoms with van der Waals surface area (Å²) in [6.45, 7) is 0. The Balaban J connectivity index is 0.00000169. The zero-order valence-corrected chi connectivity index (χ0v) is 10.9. The molecule has 0 heterocycles. The van der Waals surface area contributed by atoms with Gasteiger partial charge in [-0.25, -0.2) is 4.79 Å². The fraction of sp³-hybridized carbons (Fsp3) is 0. The van der Waals surface area contributed by atoms with Crippen LogP contribution in [0.3, 0.4) is 0 Å². The summed E-state index contributed by atoms with van der Waals surface area (Å²) in [4.78, 5) is 10.3. The van der Waals surface area contributed by atoms with Gasteiger partial charge in [0.05, 0.1) is 5.57 Å². The normalized spacial score (nSPS) is 9.79. The molecule has 4 heteroatoms. The molecule has 3 nitrogen and oxygen atoms in total. The standard InChI is InChI=1S/C10H7NO2.K/c11-7-9(6-10(12)13)8-4-2-1-3-5-8;/h1-6H,(H,12,13);/b9-6+;. The Bertz CT molecular complexity index is 379. The van der Waals surface area contributed by atoms with Gasteiger partial charge in [0.1, 0.15) is 6.07 Å². The Labute approximate surface area is 124 Å². The number of benzene rings is 1. The van der Waals surface area contributed by atoms with Gasteiger partial charge in [0.15, 0.2) is 0 Å². The monoisotopic (exact) mass is 212 g/mol. The first-order valence-electron chi connectivity index (χ1n) is 3.64. The van der Waals surface area contributed by atoms with Crippen molar-refractivity contribution in [3.63, 3.8) is 0 Å². The molecule has 0 amide bonds. The zero-order chi connectivity index (χ0) is 9.68. The van der Waals surface area contributed by atoms with Crippen molar-refractivity contribution in [3.8, 4) is 6.07 Å². The first-order valence-corrected chi connectivity index (χ1v) is 3.64. The average molecular weight is 212 g/mol. The maximum atomic E-state index is 10.3. The molecule has 1 rings (SSSR count). The number of hydrogen-bond donors (Lipinski definition) is 1. The van der Waals surface area contributed by atoms with E-state index < -0.39 is 5.97 Å². The molecule has 0 aliphatic heterocycles. The second kappa shape index (κ2) is 6.93. The molecule has 1 aromatic rings. The van der Waals surface area contributed by atoms with Gasteiger partial charge in [-0.1, -0.05) is 30.3 Å². The number of nitrogens with zero attached hydrogens (tertiary/aromatic N) is 1. The maximum absolute atomic E-state index is 10.3. The SMILES string of the molecule is N#C/C(=C\C(=O)O)c1ccccc1.[K]. The summed E-state index contributed by atoms with van der Waals surface area (Å²) >= 11 is 0. The van der Waals surface area contributed by atoms with E-state index in [2.05, 4.69) is 0 Å². The second-order valence-electron chi connectivity index (χ2n) is 2.37. The Hall–Kier alpha value is -0.444. The molecule has 0 aliphatic rings. The third-order valence-corrected chi connectivity index (χ3v) is 1.47. The van der Waals surface area contributed by atoms with Crippen LogP contribution in [-0.4, -0.2) is 62.5 Å². The number of hydrogen-bond acceptors (Lipinski definition) is 2. The Morgan fingerprint density at radius 3 is 2.36 bits per heavy atom. The van der Waals surface area contributed by atoms with Gasteiger partial charge in [0.2, 0.25) is 0 Å². The van der Waals surface area contributed by atoms with Crippen molar-refractivity contribution in [1.82, 2.24) is 0 Å². The molecule has 65 valence electrons. The van der Waals surface area contributed by atoms with Crippen molar-refractivity contribution >= 4 is 62.9 Å². The van der Waals surface area contributed by atoms with Gasteiger partial charge < -0.3 is 5.11 Å². The summed E-state index contributed by atoms with van der Waals surface area (Å²) in [7, 11) is 0. The van der Waals surface area contributed by atoms with E-state index in [0.717, 1.165) is 6.08 Å². The van der Waals surface area contributed by atoms with Crippen molar-refractivity contribution in [2.45, 2.75) is 0 Å². The molecule has 14 heavy (non-hydrogen) atoms. The summed E-state index contributed by atoms with van der Waals surface area (Å²) in [5.41, 5.74) is 0.778. The van der Waals surface area contributed by atoms with Crippen molar-refractivity contribution in [2.75, 3.05) is 0 Å². The van der Waals surface area contributed by atoms with E-state index >= 15 is 0 Å². The number of carbonyl (C=O) groups is 1. The predicted octanol–water partition coefficient (Wildman–Crippen LogP) is 1.30. The molecule has 1 N–H and O–H groups in total. The van der Waals surface area contributed by atoms with Gasteiger partial charge in [-0.3, -0.25) is 0 Å². The zero-order valence-electron chi connectivity index (χ0n) is 7.77. The van der Waals surface area contributed by atoms with Crippen LogP contribution in [0.25, 0.3) is 5.57 Å². The Morgan fingerprint density at radius 2 is 1.93 bits per heavy atom. The second-order valence-corrected chi connectivity index (χ2v) is 2.37. The number of carboxylic acids is 1. The maximum Gasteiger partial charge on any atom is 0.329 e. The topological polar surface area (TPSA) is 61.1 Å². The first kappa shape index (κ1) is 13.6. The largest absolute Gasteiger partial charge is 0.478 e. The molecule has 0 bridgehead atoms. The molecule has 0 atom stereocenters. The Morgan fingerprint density at radius 1 is 1.36 bits per heavy atom. The van der Waals surface area contributed by atoms with Crippen LogP contribution in [0.1, 0.15) is 5.56 Å². The van der Waals surface area contributed by atoms with E-state index in [9.17, 15) is 4.79 Å². The number of rotatable bonds is 2. The summed E-state index contributed by atoms with van der Waals surface area (Å²) < 4.78 is 0. The molecule has 0 spiro atoms. The van der Waals surface area contributed by atoms with Crippen LogP contribution in [0.2, 0.25) is 0 Å². The van der Waals surface area contributed by atoms with E-state index in [1.807, 2.05) is 6.07 Å². The molecule has 1 radical (unpaired) electrons. The summed E-state index contributed by atoms with van der Waals surface area (Å²) in [6, 6.07) is 10.5. The fourth-order valence-corrected chi connectivity index (χ4v) is 0.921. The summed E-state index contributed by atoms with van der Waals surface area (Å²) in [5.74, 6) is -1.11. The Kier molecular flexibility index (Phi) is 6.71. The number of allylic oxidation sites excluding steroid dienone is 1. The van der Waals surface area contributed by atoms with Crippen LogP contribution in [0.5, 0.6) is 0 Å². The van der Waals surface area contributed by atoms with Crippen molar-refractivity contribution in [1.29, 1.82) is 5.26 Å². The number of aliphatic carboxylic acids is 1. The molecule has 0 saturated heterocycles. The quantitative estimate of drug-likeness (QED) is 0.456. The minimum Gasteiger partial charge on any atom is -0.478 e. The summed E-state index contributed by atoms with van der Waals surface area (Å²) in [6.07, 6.45) is 0.898. The van der Waals surface area contributed by atoms with Gasteiger partial charge in [-0.15, -0.1) is 0 Å². The molecule has 0 unspecified atom stereocenters. The van der Waals surface area contributed by atoms with Gasteiger partial charge >= 0.3 is 5.97 Å². The first-order chi connectivity index (χ1) is 6.24. The molecule has 1 aromatic carbocycles. The minimum atomic E-state index is -1.11. The van der Waals surface area contributed by atoms with Crippen LogP contribution < -0.4 is 0 Å². The van der Waals surface area contributed by atoms with Gasteiger partial charge in [-0.2, -0.15) is 5.26 Å². The molecule has 0 aliphatic carbocycles. The van der Waals surface area contributed by atoms with Gasteiger partial charge in [-0.05, 0) is 5.56 Å². The van der Waals surface area contributed by atoms with Gasteiger partial charge in [0, 0.05) is 57.5 Å². The molecule has 0 aromatic heterocycles. The molecular formula is C10H7KNO2. The smallest absolute Gasteiger partial charge is 0.329 e. The van der Waals surface area contributed by atoms with Crippen LogP contribution >= 0.6 is 0 Å². The van der Waals surface area contributed by atoms with E-state index in [4.69, 9.17) is 10.4 Å². The third kappa shape index (κ3) is 4.18.